The third kappa shape index (κ3) is 4.96. The molecule has 2 fully saturated rings. The van der Waals surface area contributed by atoms with Gasteiger partial charge in [0.1, 0.15) is 5.00 Å². The summed E-state index contributed by atoms with van der Waals surface area (Å²) in [6.07, 6.45) is 10.3. The molecule has 2 heterocycles. The van der Waals surface area contributed by atoms with Gasteiger partial charge in [-0.25, -0.2) is 0 Å². The molecule has 2 saturated carbocycles. The van der Waals surface area contributed by atoms with Crippen molar-refractivity contribution >= 4 is 51.2 Å². The number of fused-ring (bicyclic) bond motifs is 1. The molecule has 0 unspecified atom stereocenters. The van der Waals surface area contributed by atoms with E-state index in [1.54, 1.807) is 22.2 Å². The summed E-state index contributed by atoms with van der Waals surface area (Å²) in [4.78, 5) is 26.8. The second-order valence-corrected chi connectivity index (χ2v) is 10.6. The van der Waals surface area contributed by atoms with Gasteiger partial charge in [0, 0.05) is 36.6 Å². The minimum absolute atomic E-state index is 0.0383. The number of anilines is 2. The monoisotopic (exact) mass is 472 g/mol. The number of carbonyl (C=O) groups is 2. The normalized spacial score (nSPS) is 19.7. The van der Waals surface area contributed by atoms with Gasteiger partial charge in [0.15, 0.2) is 5.11 Å². The molecular weight excluding hydrogens is 444 g/mol. The van der Waals surface area contributed by atoms with Crippen molar-refractivity contribution in [2.45, 2.75) is 51.0 Å². The van der Waals surface area contributed by atoms with Gasteiger partial charge in [-0.2, -0.15) is 5.10 Å². The molecular formula is C22H28N6O2S2. The predicted molar refractivity (Wildman–Crippen MR) is 129 cm³/mol. The molecule has 0 aromatic carbocycles. The van der Waals surface area contributed by atoms with Gasteiger partial charge in [-0.1, -0.05) is 0 Å². The Morgan fingerprint density at radius 2 is 2.03 bits per heavy atom. The van der Waals surface area contributed by atoms with Gasteiger partial charge >= 0.3 is 0 Å². The van der Waals surface area contributed by atoms with Gasteiger partial charge in [-0.05, 0) is 68.6 Å². The summed E-state index contributed by atoms with van der Waals surface area (Å²) >= 11 is 7.05. The summed E-state index contributed by atoms with van der Waals surface area (Å²) in [5.74, 6) is 0.665. The number of hydrogen-bond donors (Lipinski definition) is 4. The first-order chi connectivity index (χ1) is 15.5. The van der Waals surface area contributed by atoms with Crippen molar-refractivity contribution in [3.63, 3.8) is 0 Å². The van der Waals surface area contributed by atoms with Crippen molar-refractivity contribution in [1.82, 2.24) is 20.4 Å². The summed E-state index contributed by atoms with van der Waals surface area (Å²) in [6, 6.07) is 0.121. The zero-order valence-corrected chi connectivity index (χ0v) is 19.7. The van der Waals surface area contributed by atoms with Crippen LogP contribution >= 0.6 is 23.6 Å². The van der Waals surface area contributed by atoms with E-state index in [1.165, 1.54) is 17.7 Å². The molecule has 2 aromatic rings. The number of aryl methyl sites for hydroxylation is 2. The maximum atomic E-state index is 13.1. The van der Waals surface area contributed by atoms with E-state index in [1.807, 2.05) is 13.2 Å². The Balaban J connectivity index is 1.30. The van der Waals surface area contributed by atoms with Gasteiger partial charge in [0.05, 0.1) is 17.4 Å². The molecule has 32 heavy (non-hydrogen) atoms. The Kier molecular flexibility index (Phi) is 5.90. The molecule has 10 heteroatoms. The maximum absolute atomic E-state index is 13.1. The Morgan fingerprint density at radius 1 is 1.22 bits per heavy atom. The molecule has 2 amide bonds. The van der Waals surface area contributed by atoms with Crippen LogP contribution in [0.15, 0.2) is 12.4 Å². The van der Waals surface area contributed by atoms with Crippen molar-refractivity contribution in [3.8, 4) is 0 Å². The standard InChI is InChI=1S/C22H28N6O2S2/c1-28-11-15(10-24-28)26-22(31)25-14-6-7-17-16(8-14)18(20(30)23-9-12-2-3-12)21(32-17)27-19(29)13-4-5-13/h10-14H,2-9H2,1H3,(H,23,30)(H,27,29)(H2,25,26,31)/t14-/m0/s1. The largest absolute Gasteiger partial charge is 0.359 e. The highest BCUT2D eigenvalue weighted by molar-refractivity contribution is 7.80. The Hall–Kier alpha value is -2.46. The molecule has 2 aromatic heterocycles. The molecule has 3 aliphatic carbocycles. The van der Waals surface area contributed by atoms with Crippen molar-refractivity contribution in [1.29, 1.82) is 0 Å². The highest BCUT2D eigenvalue weighted by Crippen LogP contribution is 2.40. The Labute approximate surface area is 196 Å². The molecule has 8 nitrogen and oxygen atoms in total. The van der Waals surface area contributed by atoms with Gasteiger partial charge < -0.3 is 21.3 Å². The highest BCUT2D eigenvalue weighted by atomic mass is 32.1. The third-order valence-electron chi connectivity index (χ3n) is 6.22. The van der Waals surface area contributed by atoms with Crippen LogP contribution in [0.5, 0.6) is 0 Å². The minimum Gasteiger partial charge on any atom is -0.359 e. The first-order valence-corrected chi connectivity index (χ1v) is 12.5. The quantitative estimate of drug-likeness (QED) is 0.463. The molecule has 1 atom stereocenters. The first kappa shape index (κ1) is 21.4. The van der Waals surface area contributed by atoms with Gasteiger partial charge in [0.2, 0.25) is 5.91 Å². The van der Waals surface area contributed by atoms with Crippen LogP contribution in [0.1, 0.15) is 52.9 Å². The summed E-state index contributed by atoms with van der Waals surface area (Å²) in [5.41, 5.74) is 2.53. The van der Waals surface area contributed by atoms with Crippen LogP contribution in [0, 0.1) is 11.8 Å². The van der Waals surface area contributed by atoms with E-state index in [0.29, 0.717) is 34.6 Å². The highest BCUT2D eigenvalue weighted by Gasteiger charge is 2.34. The molecule has 0 radical (unpaired) electrons. The topological polar surface area (TPSA) is 100 Å². The van der Waals surface area contributed by atoms with E-state index < -0.39 is 0 Å². The molecule has 0 aliphatic heterocycles. The third-order valence-corrected chi connectivity index (χ3v) is 7.65. The number of aromatic nitrogens is 2. The molecule has 0 saturated heterocycles. The Bertz CT molecular complexity index is 1050. The van der Waals surface area contributed by atoms with E-state index in [9.17, 15) is 9.59 Å². The zero-order valence-electron chi connectivity index (χ0n) is 18.1. The predicted octanol–water partition coefficient (Wildman–Crippen LogP) is 2.81. The fraction of sp³-hybridized carbons (Fsp3) is 0.545. The fourth-order valence-electron chi connectivity index (χ4n) is 4.08. The smallest absolute Gasteiger partial charge is 0.254 e. The summed E-state index contributed by atoms with van der Waals surface area (Å²) in [7, 11) is 1.86. The lowest BCUT2D eigenvalue weighted by Crippen LogP contribution is -2.41. The van der Waals surface area contributed by atoms with Crippen LogP contribution in [0.25, 0.3) is 0 Å². The molecule has 0 spiro atoms. The van der Waals surface area contributed by atoms with Crippen LogP contribution in [0.3, 0.4) is 0 Å². The van der Waals surface area contributed by atoms with Crippen LogP contribution < -0.4 is 21.3 Å². The number of hydrogen-bond acceptors (Lipinski definition) is 5. The molecule has 3 aliphatic rings. The van der Waals surface area contributed by atoms with E-state index >= 15 is 0 Å². The minimum atomic E-state index is -0.0720. The number of amides is 2. The second-order valence-electron chi connectivity index (χ2n) is 9.07. The van der Waals surface area contributed by atoms with Crippen LogP contribution in [-0.4, -0.2) is 39.3 Å². The van der Waals surface area contributed by atoms with Crippen LogP contribution in [0.4, 0.5) is 10.7 Å². The summed E-state index contributed by atoms with van der Waals surface area (Å²) in [6.45, 7) is 0.709. The summed E-state index contributed by atoms with van der Waals surface area (Å²) < 4.78 is 1.72. The SMILES string of the molecule is Cn1cc(NC(=S)N[C@H]2CCc3sc(NC(=O)C4CC4)c(C(=O)NCC4CC4)c3C2)cn1. The lowest BCUT2D eigenvalue weighted by atomic mass is 9.91. The van der Waals surface area contributed by atoms with E-state index in [4.69, 9.17) is 12.2 Å². The molecule has 5 rings (SSSR count). The van der Waals surface area contributed by atoms with Gasteiger partial charge in [-0.15, -0.1) is 11.3 Å². The van der Waals surface area contributed by atoms with Gasteiger partial charge in [-0.3, -0.25) is 14.3 Å². The van der Waals surface area contributed by atoms with E-state index in [2.05, 4.69) is 26.4 Å². The lowest BCUT2D eigenvalue weighted by Gasteiger charge is -2.25. The Morgan fingerprint density at radius 3 is 2.72 bits per heavy atom. The average Bonchev–Trinajstić information content (AvgIpc) is 3.67. The summed E-state index contributed by atoms with van der Waals surface area (Å²) in [5, 5.41) is 18.1. The number of rotatable bonds is 7. The average molecular weight is 473 g/mol. The number of thiophene rings is 1. The van der Waals surface area contributed by atoms with Crippen LogP contribution in [-0.2, 0) is 24.7 Å². The van der Waals surface area contributed by atoms with Gasteiger partial charge in [0.25, 0.3) is 5.91 Å². The number of nitrogens with zero attached hydrogens (tertiary/aromatic N) is 2. The van der Waals surface area contributed by atoms with Crippen molar-refractivity contribution in [3.05, 3.63) is 28.4 Å². The van der Waals surface area contributed by atoms with Crippen molar-refractivity contribution in [2.75, 3.05) is 17.2 Å². The van der Waals surface area contributed by atoms with E-state index in [-0.39, 0.29) is 23.8 Å². The second kappa shape index (κ2) is 8.82. The molecule has 0 bridgehead atoms. The number of thiocarbonyl (C=S) groups is 1. The number of carbonyl (C=O) groups excluding carboxylic acids is 2. The maximum Gasteiger partial charge on any atom is 0.254 e. The fourth-order valence-corrected chi connectivity index (χ4v) is 5.61. The zero-order chi connectivity index (χ0) is 22.2. The van der Waals surface area contributed by atoms with Crippen molar-refractivity contribution < 1.29 is 9.59 Å². The molecule has 4 N–H and O–H groups in total. The number of nitrogens with one attached hydrogen (secondary N) is 4. The lowest BCUT2D eigenvalue weighted by molar-refractivity contribution is -0.117. The van der Waals surface area contributed by atoms with E-state index in [0.717, 1.165) is 36.9 Å². The van der Waals surface area contributed by atoms with Crippen LogP contribution in [0.2, 0.25) is 0 Å². The first-order valence-electron chi connectivity index (χ1n) is 11.3. The van der Waals surface area contributed by atoms with Crippen molar-refractivity contribution in [2.24, 2.45) is 18.9 Å². The molecule has 170 valence electrons.